The number of carbonyl (C=O) groups is 2. The molecule has 2 aromatic carbocycles. The van der Waals surface area contributed by atoms with Gasteiger partial charge in [0, 0.05) is 24.2 Å². The first-order valence-electron chi connectivity index (χ1n) is 10.3. The monoisotopic (exact) mass is 511 g/mol. The van der Waals surface area contributed by atoms with E-state index >= 15 is 0 Å². The van der Waals surface area contributed by atoms with Crippen molar-refractivity contribution < 1.29 is 24.0 Å². The number of amides is 2. The molecular weight excluding hydrogens is 485 g/mol. The zero-order chi connectivity index (χ0) is 25.6. The molecule has 2 aromatic rings. The summed E-state index contributed by atoms with van der Waals surface area (Å²) < 4.78 is 10.6. The van der Waals surface area contributed by atoms with Crippen molar-refractivity contribution in [2.45, 2.75) is 45.8 Å². The molecule has 34 heavy (non-hydrogen) atoms. The number of carbonyl (C=O) groups excluding carboxylic acids is 2. The van der Waals surface area contributed by atoms with Crippen LogP contribution >= 0.6 is 23.2 Å². The predicted octanol–water partition coefficient (Wildman–Crippen LogP) is 4.62. The number of nitro groups is 1. The predicted molar refractivity (Wildman–Crippen MR) is 130 cm³/mol. The van der Waals surface area contributed by atoms with Crippen LogP contribution in [-0.4, -0.2) is 46.9 Å². The minimum absolute atomic E-state index is 0.000495. The summed E-state index contributed by atoms with van der Waals surface area (Å²) in [6.45, 7) is 6.82. The third-order valence-corrected chi connectivity index (χ3v) is 5.45. The second kappa shape index (κ2) is 11.4. The fourth-order valence-electron chi connectivity index (χ4n) is 3.02. The van der Waals surface area contributed by atoms with Crippen LogP contribution in [0.1, 0.15) is 33.3 Å². The van der Waals surface area contributed by atoms with Crippen molar-refractivity contribution in [3.05, 3.63) is 62.1 Å². The summed E-state index contributed by atoms with van der Waals surface area (Å²) in [7, 11) is 1.30. The number of methoxy groups -OCH3 is 1. The van der Waals surface area contributed by atoms with Gasteiger partial charge < -0.3 is 19.7 Å². The maximum absolute atomic E-state index is 13.1. The SMILES string of the molecule is COc1cc(OCC(=O)N(Cc2ccc(Cl)c(Cl)c2)[C@H](C)C(=O)NC(C)(C)C)ccc1[N+](=O)[O-]. The van der Waals surface area contributed by atoms with Crippen LogP contribution in [0.2, 0.25) is 10.0 Å². The van der Waals surface area contributed by atoms with Gasteiger partial charge in [-0.1, -0.05) is 29.3 Å². The van der Waals surface area contributed by atoms with E-state index in [0.29, 0.717) is 15.6 Å². The lowest BCUT2D eigenvalue weighted by molar-refractivity contribution is -0.385. The molecule has 1 N–H and O–H groups in total. The van der Waals surface area contributed by atoms with Crippen LogP contribution in [0.5, 0.6) is 11.5 Å². The second-order valence-electron chi connectivity index (χ2n) is 8.56. The topological polar surface area (TPSA) is 111 Å². The van der Waals surface area contributed by atoms with Crippen LogP contribution in [0.15, 0.2) is 36.4 Å². The van der Waals surface area contributed by atoms with Gasteiger partial charge in [0.15, 0.2) is 6.61 Å². The van der Waals surface area contributed by atoms with Crippen molar-refractivity contribution in [2.24, 2.45) is 0 Å². The zero-order valence-electron chi connectivity index (χ0n) is 19.6. The van der Waals surface area contributed by atoms with Crippen molar-refractivity contribution in [2.75, 3.05) is 13.7 Å². The van der Waals surface area contributed by atoms with Crippen molar-refractivity contribution in [1.29, 1.82) is 0 Å². The van der Waals surface area contributed by atoms with Crippen LogP contribution in [0, 0.1) is 10.1 Å². The summed E-state index contributed by atoms with van der Waals surface area (Å²) in [6.07, 6.45) is 0. The molecule has 0 heterocycles. The van der Waals surface area contributed by atoms with Crippen molar-refractivity contribution in [1.82, 2.24) is 10.2 Å². The summed E-state index contributed by atoms with van der Waals surface area (Å²) in [5, 5.41) is 14.6. The molecule has 0 radical (unpaired) electrons. The molecule has 9 nitrogen and oxygen atoms in total. The van der Waals surface area contributed by atoms with Crippen LogP contribution in [0.4, 0.5) is 5.69 Å². The summed E-state index contributed by atoms with van der Waals surface area (Å²) >= 11 is 12.1. The first-order chi connectivity index (χ1) is 15.8. The molecule has 0 bridgehead atoms. The Kier molecular flexibility index (Phi) is 9.12. The van der Waals surface area contributed by atoms with Crippen molar-refractivity contribution >= 4 is 40.7 Å². The molecule has 2 rings (SSSR count). The Balaban J connectivity index is 2.24. The number of nitrogens with zero attached hydrogens (tertiary/aromatic N) is 2. The van der Waals surface area contributed by atoms with Crippen molar-refractivity contribution in [3.8, 4) is 11.5 Å². The number of ether oxygens (including phenoxy) is 2. The summed E-state index contributed by atoms with van der Waals surface area (Å²) in [4.78, 5) is 37.8. The smallest absolute Gasteiger partial charge is 0.311 e. The molecule has 0 spiro atoms. The normalized spacial score (nSPS) is 12.0. The van der Waals surface area contributed by atoms with Gasteiger partial charge in [-0.3, -0.25) is 19.7 Å². The molecule has 11 heteroatoms. The van der Waals surface area contributed by atoms with Crippen LogP contribution in [-0.2, 0) is 16.1 Å². The van der Waals surface area contributed by atoms with E-state index < -0.39 is 29.0 Å². The lowest BCUT2D eigenvalue weighted by Crippen LogP contribution is -2.53. The molecule has 0 aromatic heterocycles. The highest BCUT2D eigenvalue weighted by molar-refractivity contribution is 6.42. The van der Waals surface area contributed by atoms with Crippen LogP contribution < -0.4 is 14.8 Å². The summed E-state index contributed by atoms with van der Waals surface area (Å²) in [5.41, 5.74) is -0.0415. The number of hydrogen-bond acceptors (Lipinski definition) is 6. The molecular formula is C23H27Cl2N3O6. The summed E-state index contributed by atoms with van der Waals surface area (Å²) in [6, 6.07) is 8.05. The minimum atomic E-state index is -0.823. The first-order valence-corrected chi connectivity index (χ1v) is 11.1. The molecule has 184 valence electrons. The van der Waals surface area contributed by atoms with E-state index in [2.05, 4.69) is 5.32 Å². The van der Waals surface area contributed by atoms with E-state index in [1.807, 2.05) is 20.8 Å². The number of nitro benzene ring substituents is 1. The van der Waals surface area contributed by atoms with E-state index in [4.69, 9.17) is 32.7 Å². The Morgan fingerprint density at radius 2 is 1.82 bits per heavy atom. The third kappa shape index (κ3) is 7.50. The highest BCUT2D eigenvalue weighted by Crippen LogP contribution is 2.31. The average molecular weight is 512 g/mol. The van der Waals surface area contributed by atoms with Crippen LogP contribution in [0.25, 0.3) is 0 Å². The molecule has 0 saturated carbocycles. The van der Waals surface area contributed by atoms with Gasteiger partial charge in [0.1, 0.15) is 11.8 Å². The summed E-state index contributed by atoms with van der Waals surface area (Å²) in [5.74, 6) is -0.601. The highest BCUT2D eigenvalue weighted by atomic mass is 35.5. The minimum Gasteiger partial charge on any atom is -0.490 e. The molecule has 0 unspecified atom stereocenters. The molecule has 0 fully saturated rings. The standard InChI is InChI=1S/C23H27Cl2N3O6/c1-14(22(30)26-23(2,3)4)27(12-15-6-8-17(24)18(25)10-15)21(29)13-34-16-7-9-19(28(31)32)20(11-16)33-5/h6-11,14H,12-13H2,1-5H3,(H,26,30)/t14-/m1/s1. The number of halogens is 2. The zero-order valence-corrected chi connectivity index (χ0v) is 21.1. The van der Waals surface area contributed by atoms with Gasteiger partial charge >= 0.3 is 5.69 Å². The van der Waals surface area contributed by atoms with Gasteiger partial charge in [0.05, 0.1) is 22.1 Å². The lowest BCUT2D eigenvalue weighted by atomic mass is 10.1. The number of benzene rings is 2. The van der Waals surface area contributed by atoms with Gasteiger partial charge in [0.25, 0.3) is 5.91 Å². The molecule has 0 saturated heterocycles. The highest BCUT2D eigenvalue weighted by Gasteiger charge is 2.29. The first kappa shape index (κ1) is 27.2. The molecule has 0 aliphatic heterocycles. The van der Waals surface area contributed by atoms with Crippen LogP contribution in [0.3, 0.4) is 0 Å². The van der Waals surface area contributed by atoms with E-state index in [9.17, 15) is 19.7 Å². The Bertz CT molecular complexity index is 1070. The molecule has 0 aliphatic rings. The van der Waals surface area contributed by atoms with E-state index in [1.54, 1.807) is 25.1 Å². The number of hydrogen-bond donors (Lipinski definition) is 1. The Labute approximate surface area is 208 Å². The number of rotatable bonds is 9. The Morgan fingerprint density at radius 1 is 1.15 bits per heavy atom. The fraction of sp³-hybridized carbons (Fsp3) is 0.391. The Hall–Kier alpha value is -3.04. The maximum atomic E-state index is 13.1. The molecule has 1 atom stereocenters. The largest absolute Gasteiger partial charge is 0.490 e. The van der Waals surface area contributed by atoms with Crippen molar-refractivity contribution in [3.63, 3.8) is 0 Å². The van der Waals surface area contributed by atoms with E-state index in [1.165, 1.54) is 30.2 Å². The quantitative estimate of drug-likeness (QED) is 0.388. The Morgan fingerprint density at radius 3 is 2.38 bits per heavy atom. The van der Waals surface area contributed by atoms with Gasteiger partial charge in [-0.2, -0.15) is 0 Å². The van der Waals surface area contributed by atoms with Gasteiger partial charge in [-0.05, 0) is 51.5 Å². The van der Waals surface area contributed by atoms with E-state index in [0.717, 1.165) is 0 Å². The third-order valence-electron chi connectivity index (χ3n) is 4.71. The lowest BCUT2D eigenvalue weighted by Gasteiger charge is -2.31. The van der Waals surface area contributed by atoms with Gasteiger partial charge in [-0.15, -0.1) is 0 Å². The van der Waals surface area contributed by atoms with Gasteiger partial charge in [0.2, 0.25) is 11.7 Å². The number of nitrogens with one attached hydrogen (secondary N) is 1. The average Bonchev–Trinajstić information content (AvgIpc) is 2.76. The molecule has 0 aliphatic carbocycles. The maximum Gasteiger partial charge on any atom is 0.311 e. The fourth-order valence-corrected chi connectivity index (χ4v) is 3.34. The van der Waals surface area contributed by atoms with E-state index in [-0.39, 0.29) is 29.6 Å². The van der Waals surface area contributed by atoms with Gasteiger partial charge in [-0.25, -0.2) is 0 Å². The molecule has 2 amide bonds. The second-order valence-corrected chi connectivity index (χ2v) is 9.38.